The van der Waals surface area contributed by atoms with E-state index in [1.807, 2.05) is 11.8 Å². The Labute approximate surface area is 121 Å². The minimum atomic E-state index is -0.541. The summed E-state index contributed by atoms with van der Waals surface area (Å²) in [5.41, 5.74) is 10.5. The fraction of sp³-hybridized carbons (Fsp3) is 0.867. The monoisotopic (exact) mass is 281 g/mol. The van der Waals surface area contributed by atoms with Crippen molar-refractivity contribution in [1.82, 2.24) is 4.90 Å². The molecule has 3 unspecified atom stereocenters. The Kier molecular flexibility index (Phi) is 4.68. The van der Waals surface area contributed by atoms with Gasteiger partial charge >= 0.3 is 0 Å². The van der Waals surface area contributed by atoms with Crippen molar-refractivity contribution in [3.8, 4) is 0 Å². The summed E-state index contributed by atoms with van der Waals surface area (Å²) >= 11 is 0. The number of primary amides is 1. The van der Waals surface area contributed by atoms with E-state index in [2.05, 4.69) is 0 Å². The molecule has 1 aliphatic carbocycles. The Hall–Kier alpha value is -1.10. The van der Waals surface area contributed by atoms with E-state index in [0.29, 0.717) is 32.0 Å². The smallest absolute Gasteiger partial charge is 0.225 e. The molecule has 0 spiro atoms. The molecule has 5 heteroatoms. The Morgan fingerprint density at radius 1 is 1.35 bits per heavy atom. The van der Waals surface area contributed by atoms with Crippen LogP contribution in [0.25, 0.3) is 0 Å². The number of hydrogen-bond donors (Lipinski definition) is 2. The second-order valence-corrected chi connectivity index (χ2v) is 6.74. The predicted octanol–water partition coefficient (Wildman–Crippen LogP) is 0.866. The molecule has 1 saturated carbocycles. The lowest BCUT2D eigenvalue weighted by atomic mass is 9.79. The van der Waals surface area contributed by atoms with Gasteiger partial charge in [-0.2, -0.15) is 0 Å². The fourth-order valence-electron chi connectivity index (χ4n) is 3.62. The molecule has 1 heterocycles. The maximum atomic E-state index is 12.6. The van der Waals surface area contributed by atoms with Crippen LogP contribution < -0.4 is 11.5 Å². The van der Waals surface area contributed by atoms with Gasteiger partial charge in [0, 0.05) is 19.0 Å². The Bertz CT molecular complexity index is 383. The zero-order valence-electron chi connectivity index (χ0n) is 12.4. The molecule has 0 radical (unpaired) electrons. The van der Waals surface area contributed by atoms with Crippen LogP contribution in [-0.2, 0) is 9.59 Å². The quantitative estimate of drug-likeness (QED) is 0.801. The maximum absolute atomic E-state index is 12.6. The number of amides is 2. The summed E-state index contributed by atoms with van der Waals surface area (Å²) in [4.78, 5) is 25.9. The summed E-state index contributed by atoms with van der Waals surface area (Å²) < 4.78 is 0. The number of nitrogens with zero attached hydrogens (tertiary/aromatic N) is 1. The SMILES string of the molecule is CC1(C(N)=O)CCN(C(=O)C2CCCC(CCN)C2)C1. The molecule has 2 aliphatic rings. The predicted molar refractivity (Wildman–Crippen MR) is 77.6 cm³/mol. The molecule has 0 aromatic heterocycles. The standard InChI is InChI=1S/C15H27N3O2/c1-15(14(17)20)6-8-18(10-15)13(19)12-4-2-3-11(9-12)5-7-16/h11-12H,2-10,16H2,1H3,(H2,17,20). The van der Waals surface area contributed by atoms with Gasteiger partial charge in [-0.15, -0.1) is 0 Å². The van der Waals surface area contributed by atoms with Crippen LogP contribution in [0.3, 0.4) is 0 Å². The summed E-state index contributed by atoms with van der Waals surface area (Å²) in [5, 5.41) is 0. The molecule has 2 amide bonds. The number of likely N-dealkylation sites (tertiary alicyclic amines) is 1. The van der Waals surface area contributed by atoms with E-state index in [1.54, 1.807) is 0 Å². The minimum Gasteiger partial charge on any atom is -0.369 e. The highest BCUT2D eigenvalue weighted by molar-refractivity contribution is 5.84. The zero-order valence-corrected chi connectivity index (χ0v) is 12.4. The largest absolute Gasteiger partial charge is 0.369 e. The Balaban J connectivity index is 1.93. The lowest BCUT2D eigenvalue weighted by Gasteiger charge is -2.31. The van der Waals surface area contributed by atoms with Gasteiger partial charge in [0.25, 0.3) is 0 Å². The van der Waals surface area contributed by atoms with Gasteiger partial charge in [-0.05, 0) is 45.1 Å². The normalized spacial score (nSPS) is 34.2. The van der Waals surface area contributed by atoms with Crippen LogP contribution in [0.4, 0.5) is 0 Å². The second-order valence-electron chi connectivity index (χ2n) is 6.74. The average molecular weight is 281 g/mol. The van der Waals surface area contributed by atoms with Crippen molar-refractivity contribution in [2.45, 2.75) is 45.4 Å². The third kappa shape index (κ3) is 3.14. The molecule has 1 aliphatic heterocycles. The Morgan fingerprint density at radius 3 is 2.70 bits per heavy atom. The van der Waals surface area contributed by atoms with Gasteiger partial charge in [-0.1, -0.05) is 12.8 Å². The molecular weight excluding hydrogens is 254 g/mol. The number of nitrogens with two attached hydrogens (primary N) is 2. The minimum absolute atomic E-state index is 0.121. The molecular formula is C15H27N3O2. The van der Waals surface area contributed by atoms with E-state index in [0.717, 1.165) is 25.7 Å². The highest BCUT2D eigenvalue weighted by Gasteiger charge is 2.42. The molecule has 0 aromatic rings. The third-order valence-electron chi connectivity index (χ3n) is 5.09. The van der Waals surface area contributed by atoms with Gasteiger partial charge < -0.3 is 16.4 Å². The van der Waals surface area contributed by atoms with Crippen molar-refractivity contribution >= 4 is 11.8 Å². The first-order chi connectivity index (χ1) is 9.46. The van der Waals surface area contributed by atoms with Gasteiger partial charge in [-0.25, -0.2) is 0 Å². The molecule has 5 nitrogen and oxygen atoms in total. The van der Waals surface area contributed by atoms with Crippen molar-refractivity contribution in [2.24, 2.45) is 28.7 Å². The van der Waals surface area contributed by atoms with Gasteiger partial charge in [0.1, 0.15) is 0 Å². The molecule has 20 heavy (non-hydrogen) atoms. The molecule has 0 aromatic carbocycles. The van der Waals surface area contributed by atoms with Gasteiger partial charge in [0.2, 0.25) is 11.8 Å². The van der Waals surface area contributed by atoms with Crippen LogP contribution in [0.1, 0.15) is 45.4 Å². The lowest BCUT2D eigenvalue weighted by molar-refractivity contribution is -0.137. The first kappa shape index (κ1) is 15.3. The molecule has 2 rings (SSSR count). The molecule has 114 valence electrons. The van der Waals surface area contributed by atoms with Gasteiger partial charge in [0.05, 0.1) is 5.41 Å². The highest BCUT2D eigenvalue weighted by Crippen LogP contribution is 2.35. The second kappa shape index (κ2) is 6.12. The zero-order chi connectivity index (χ0) is 14.8. The first-order valence-corrected chi connectivity index (χ1v) is 7.75. The van der Waals surface area contributed by atoms with Crippen LogP contribution in [-0.4, -0.2) is 36.3 Å². The van der Waals surface area contributed by atoms with Crippen LogP contribution in [0.15, 0.2) is 0 Å². The van der Waals surface area contributed by atoms with Crippen LogP contribution in [0.2, 0.25) is 0 Å². The van der Waals surface area contributed by atoms with Gasteiger partial charge in [0.15, 0.2) is 0 Å². The molecule has 1 saturated heterocycles. The van der Waals surface area contributed by atoms with Crippen molar-refractivity contribution in [2.75, 3.05) is 19.6 Å². The summed E-state index contributed by atoms with van der Waals surface area (Å²) in [6.07, 6.45) is 5.95. The number of rotatable bonds is 4. The van der Waals surface area contributed by atoms with E-state index in [-0.39, 0.29) is 17.7 Å². The van der Waals surface area contributed by atoms with E-state index < -0.39 is 5.41 Å². The molecule has 3 atom stereocenters. The average Bonchev–Trinajstić information content (AvgIpc) is 2.83. The summed E-state index contributed by atoms with van der Waals surface area (Å²) in [6, 6.07) is 0. The first-order valence-electron chi connectivity index (χ1n) is 7.75. The lowest BCUT2D eigenvalue weighted by Crippen LogP contribution is -2.41. The van der Waals surface area contributed by atoms with E-state index in [9.17, 15) is 9.59 Å². The molecule has 2 fully saturated rings. The van der Waals surface area contributed by atoms with Crippen molar-refractivity contribution in [1.29, 1.82) is 0 Å². The van der Waals surface area contributed by atoms with Crippen molar-refractivity contribution < 1.29 is 9.59 Å². The number of hydrogen-bond acceptors (Lipinski definition) is 3. The summed E-state index contributed by atoms with van der Waals surface area (Å²) in [5.74, 6) is 0.637. The van der Waals surface area contributed by atoms with Gasteiger partial charge in [-0.3, -0.25) is 9.59 Å². The summed E-state index contributed by atoms with van der Waals surface area (Å²) in [7, 11) is 0. The van der Waals surface area contributed by atoms with E-state index in [1.165, 1.54) is 6.42 Å². The topological polar surface area (TPSA) is 89.4 Å². The number of carbonyl (C=O) groups excluding carboxylic acids is 2. The summed E-state index contributed by atoms with van der Waals surface area (Å²) in [6.45, 7) is 3.71. The number of carbonyl (C=O) groups is 2. The van der Waals surface area contributed by atoms with Crippen molar-refractivity contribution in [3.63, 3.8) is 0 Å². The maximum Gasteiger partial charge on any atom is 0.225 e. The van der Waals surface area contributed by atoms with Crippen molar-refractivity contribution in [3.05, 3.63) is 0 Å². The third-order valence-corrected chi connectivity index (χ3v) is 5.09. The van der Waals surface area contributed by atoms with Crippen LogP contribution in [0, 0.1) is 17.3 Å². The van der Waals surface area contributed by atoms with E-state index >= 15 is 0 Å². The molecule has 4 N–H and O–H groups in total. The van der Waals surface area contributed by atoms with E-state index in [4.69, 9.17) is 11.5 Å². The van der Waals surface area contributed by atoms with Crippen LogP contribution in [0.5, 0.6) is 0 Å². The van der Waals surface area contributed by atoms with Crippen LogP contribution >= 0.6 is 0 Å². The fourth-order valence-corrected chi connectivity index (χ4v) is 3.62. The Morgan fingerprint density at radius 2 is 2.10 bits per heavy atom. The molecule has 0 bridgehead atoms. The highest BCUT2D eigenvalue weighted by atomic mass is 16.2.